The lowest BCUT2D eigenvalue weighted by Crippen LogP contribution is -2.51. The van der Waals surface area contributed by atoms with E-state index in [9.17, 15) is 14.3 Å². The lowest BCUT2D eigenvalue weighted by Gasteiger charge is -2.39. The van der Waals surface area contributed by atoms with Crippen molar-refractivity contribution in [3.63, 3.8) is 0 Å². The Balaban J connectivity index is 2.65. The molecule has 5 heteroatoms. The number of hydrogen-bond acceptors (Lipinski definition) is 2. The summed E-state index contributed by atoms with van der Waals surface area (Å²) in [5.41, 5.74) is -0.477. The highest BCUT2D eigenvalue weighted by molar-refractivity contribution is 5.66. The Kier molecular flexibility index (Phi) is 4.36. The normalized spacial score (nSPS) is 26.9. The van der Waals surface area contributed by atoms with Crippen molar-refractivity contribution in [2.75, 3.05) is 26.7 Å². The molecule has 0 aliphatic carbocycles. The van der Waals surface area contributed by atoms with Crippen LogP contribution in [0.4, 0.5) is 9.18 Å². The zero-order chi connectivity index (χ0) is 13.2. The third-order valence-corrected chi connectivity index (χ3v) is 3.34. The van der Waals surface area contributed by atoms with E-state index >= 15 is 0 Å². The molecule has 2 atom stereocenters. The average Bonchev–Trinajstić information content (AvgIpc) is 2.13. The first-order valence-electron chi connectivity index (χ1n) is 6.05. The Morgan fingerprint density at radius 3 is 2.53 bits per heavy atom. The van der Waals surface area contributed by atoms with Crippen LogP contribution in [0.5, 0.6) is 0 Å². The number of carbonyl (C=O) groups is 1. The fourth-order valence-corrected chi connectivity index (χ4v) is 2.18. The van der Waals surface area contributed by atoms with E-state index in [1.165, 1.54) is 4.90 Å². The van der Waals surface area contributed by atoms with Crippen LogP contribution in [-0.4, -0.2) is 59.4 Å². The van der Waals surface area contributed by atoms with Crippen LogP contribution in [0.1, 0.15) is 27.2 Å². The number of rotatable bonds is 2. The van der Waals surface area contributed by atoms with Gasteiger partial charge in [0.05, 0.1) is 0 Å². The van der Waals surface area contributed by atoms with E-state index in [4.69, 9.17) is 0 Å². The third kappa shape index (κ3) is 3.84. The van der Waals surface area contributed by atoms with Crippen LogP contribution < -0.4 is 0 Å². The highest BCUT2D eigenvalue weighted by Crippen LogP contribution is 2.24. The maximum absolute atomic E-state index is 13.8. The zero-order valence-corrected chi connectivity index (χ0v) is 11.1. The highest BCUT2D eigenvalue weighted by Gasteiger charge is 2.34. The van der Waals surface area contributed by atoms with Gasteiger partial charge in [0.2, 0.25) is 0 Å². The molecule has 17 heavy (non-hydrogen) atoms. The van der Waals surface area contributed by atoms with E-state index in [1.807, 2.05) is 32.7 Å². The number of halogens is 1. The van der Waals surface area contributed by atoms with E-state index < -0.39 is 17.8 Å². The minimum absolute atomic E-state index is 0.179. The second-order valence-corrected chi connectivity index (χ2v) is 5.89. The molecule has 0 aromatic rings. The average molecular weight is 246 g/mol. The maximum atomic E-state index is 13.8. The Labute approximate surface area is 102 Å². The SMILES string of the molecule is CN1CC[C@@H](CN(C(=O)O)C(C)(C)C)[C@@H](F)C1. The van der Waals surface area contributed by atoms with Crippen LogP contribution in [0.15, 0.2) is 0 Å². The monoisotopic (exact) mass is 246 g/mol. The Morgan fingerprint density at radius 2 is 2.12 bits per heavy atom. The molecule has 0 saturated carbocycles. The standard InChI is InChI=1S/C12H23FN2O2/c1-12(2,3)15(11(16)17)7-9-5-6-14(4)8-10(9)13/h9-10H,5-8H2,1-4H3,(H,16,17)/t9-,10-/m0/s1. The van der Waals surface area contributed by atoms with Gasteiger partial charge >= 0.3 is 6.09 Å². The van der Waals surface area contributed by atoms with E-state index in [1.54, 1.807) is 0 Å². The molecule has 1 aliphatic rings. The summed E-state index contributed by atoms with van der Waals surface area (Å²) in [6, 6.07) is 0. The largest absolute Gasteiger partial charge is 0.465 e. The second-order valence-electron chi connectivity index (χ2n) is 5.89. The number of alkyl halides is 1. The van der Waals surface area contributed by atoms with Gasteiger partial charge < -0.3 is 14.9 Å². The van der Waals surface area contributed by atoms with E-state index in [0.29, 0.717) is 6.54 Å². The minimum Gasteiger partial charge on any atom is -0.465 e. The molecule has 1 saturated heterocycles. The van der Waals surface area contributed by atoms with Crippen molar-refractivity contribution in [2.24, 2.45) is 5.92 Å². The molecule has 0 aromatic heterocycles. The van der Waals surface area contributed by atoms with Crippen LogP contribution in [-0.2, 0) is 0 Å². The molecular weight excluding hydrogens is 223 g/mol. The molecule has 1 fully saturated rings. The van der Waals surface area contributed by atoms with Crippen LogP contribution in [0.25, 0.3) is 0 Å². The quantitative estimate of drug-likeness (QED) is 0.811. The molecule has 1 amide bonds. The van der Waals surface area contributed by atoms with Gasteiger partial charge in [-0.05, 0) is 40.8 Å². The van der Waals surface area contributed by atoms with E-state index in [0.717, 1.165) is 13.0 Å². The molecule has 0 bridgehead atoms. The van der Waals surface area contributed by atoms with Gasteiger partial charge in [-0.2, -0.15) is 0 Å². The Bertz CT molecular complexity index is 278. The van der Waals surface area contributed by atoms with Crippen LogP contribution in [0.2, 0.25) is 0 Å². The first kappa shape index (κ1) is 14.2. The van der Waals surface area contributed by atoms with Gasteiger partial charge in [-0.15, -0.1) is 0 Å². The van der Waals surface area contributed by atoms with Gasteiger partial charge in [-0.3, -0.25) is 0 Å². The van der Waals surface area contributed by atoms with Crippen molar-refractivity contribution in [3.05, 3.63) is 0 Å². The summed E-state index contributed by atoms with van der Waals surface area (Å²) in [5.74, 6) is -0.179. The summed E-state index contributed by atoms with van der Waals surface area (Å²) >= 11 is 0. The van der Waals surface area contributed by atoms with Crippen molar-refractivity contribution < 1.29 is 14.3 Å². The molecule has 1 rings (SSSR count). The summed E-state index contributed by atoms with van der Waals surface area (Å²) in [5, 5.41) is 9.17. The van der Waals surface area contributed by atoms with Gasteiger partial charge in [-0.1, -0.05) is 0 Å². The molecule has 1 heterocycles. The van der Waals surface area contributed by atoms with Crippen molar-refractivity contribution in [2.45, 2.75) is 38.9 Å². The van der Waals surface area contributed by atoms with Crippen LogP contribution in [0, 0.1) is 5.92 Å². The molecule has 0 aromatic carbocycles. The van der Waals surface area contributed by atoms with Crippen molar-refractivity contribution in [1.29, 1.82) is 0 Å². The first-order chi connectivity index (χ1) is 7.71. The van der Waals surface area contributed by atoms with Crippen molar-refractivity contribution in [3.8, 4) is 0 Å². The van der Waals surface area contributed by atoms with Crippen LogP contribution >= 0.6 is 0 Å². The smallest absolute Gasteiger partial charge is 0.407 e. The molecule has 1 N–H and O–H groups in total. The molecule has 0 spiro atoms. The fourth-order valence-electron chi connectivity index (χ4n) is 2.18. The van der Waals surface area contributed by atoms with Crippen molar-refractivity contribution >= 4 is 6.09 Å². The number of piperidine rings is 1. The first-order valence-corrected chi connectivity index (χ1v) is 6.05. The van der Waals surface area contributed by atoms with E-state index in [-0.39, 0.29) is 12.5 Å². The Hall–Kier alpha value is -0.840. The predicted octanol–water partition coefficient (Wildman–Crippen LogP) is 2.05. The van der Waals surface area contributed by atoms with Crippen molar-refractivity contribution in [1.82, 2.24) is 9.80 Å². The fraction of sp³-hybridized carbons (Fsp3) is 0.917. The number of amides is 1. The predicted molar refractivity (Wildman–Crippen MR) is 65.0 cm³/mol. The molecule has 0 unspecified atom stereocenters. The summed E-state index contributed by atoms with van der Waals surface area (Å²) < 4.78 is 13.8. The number of likely N-dealkylation sites (tertiary alicyclic amines) is 1. The van der Waals surface area contributed by atoms with Gasteiger partial charge in [-0.25, -0.2) is 9.18 Å². The Morgan fingerprint density at radius 1 is 1.53 bits per heavy atom. The van der Waals surface area contributed by atoms with Gasteiger partial charge in [0.15, 0.2) is 0 Å². The summed E-state index contributed by atoms with van der Waals surface area (Å²) in [6.07, 6.45) is -1.18. The minimum atomic E-state index is -0.969. The topological polar surface area (TPSA) is 43.8 Å². The van der Waals surface area contributed by atoms with E-state index in [2.05, 4.69) is 0 Å². The highest BCUT2D eigenvalue weighted by atomic mass is 19.1. The summed E-state index contributed by atoms with van der Waals surface area (Å²) in [6.45, 7) is 7.04. The lowest BCUT2D eigenvalue weighted by molar-refractivity contribution is 0.0436. The summed E-state index contributed by atoms with van der Waals surface area (Å²) in [7, 11) is 1.89. The molecule has 0 radical (unpaired) electrons. The molecule has 100 valence electrons. The zero-order valence-electron chi connectivity index (χ0n) is 11.1. The number of hydrogen-bond donors (Lipinski definition) is 1. The third-order valence-electron chi connectivity index (χ3n) is 3.34. The maximum Gasteiger partial charge on any atom is 0.407 e. The van der Waals surface area contributed by atoms with Gasteiger partial charge in [0.25, 0.3) is 0 Å². The van der Waals surface area contributed by atoms with Gasteiger partial charge in [0, 0.05) is 24.5 Å². The number of carboxylic acid groups (broad SMARTS) is 1. The molecule has 4 nitrogen and oxygen atoms in total. The molecular formula is C12H23FN2O2. The lowest BCUT2D eigenvalue weighted by atomic mass is 9.93. The second kappa shape index (κ2) is 5.21. The summed E-state index contributed by atoms with van der Waals surface area (Å²) in [4.78, 5) is 14.5. The van der Waals surface area contributed by atoms with Crippen LogP contribution in [0.3, 0.4) is 0 Å². The van der Waals surface area contributed by atoms with Gasteiger partial charge in [0.1, 0.15) is 6.17 Å². The number of nitrogens with zero attached hydrogens (tertiary/aromatic N) is 2. The molecule has 1 aliphatic heterocycles.